The van der Waals surface area contributed by atoms with Crippen LogP contribution >= 0.6 is 11.8 Å². The molecule has 0 unspecified atom stereocenters. The van der Waals surface area contributed by atoms with Crippen LogP contribution < -0.4 is 20.9 Å². The van der Waals surface area contributed by atoms with Crippen molar-refractivity contribution in [1.82, 2.24) is 10.6 Å². The van der Waals surface area contributed by atoms with Crippen molar-refractivity contribution in [3.63, 3.8) is 0 Å². The Morgan fingerprint density at radius 2 is 1.79 bits per heavy atom. The molecule has 1 aromatic carbocycles. The van der Waals surface area contributed by atoms with Crippen LogP contribution in [0.5, 0.6) is 0 Å². The third-order valence-corrected chi connectivity index (χ3v) is 6.01. The number of carbonyl (C=O) groups excluding carboxylic acids is 3. The van der Waals surface area contributed by atoms with E-state index in [1.165, 1.54) is 16.7 Å². The summed E-state index contributed by atoms with van der Waals surface area (Å²) in [5.74, 6) is -1.51. The predicted octanol–water partition coefficient (Wildman–Crippen LogP) is 2.92. The number of carboxylic acid groups (broad SMARTS) is 1. The Kier molecular flexibility index (Phi) is 9.57. The van der Waals surface area contributed by atoms with Gasteiger partial charge in [-0.1, -0.05) is 39.8 Å². The molecule has 2 rings (SSSR count). The Morgan fingerprint density at radius 3 is 2.36 bits per heavy atom. The molecule has 0 spiro atoms. The minimum absolute atomic E-state index is 0.0633. The van der Waals surface area contributed by atoms with E-state index < -0.39 is 36.0 Å². The number of carboxylic acids is 1. The van der Waals surface area contributed by atoms with Gasteiger partial charge in [0.15, 0.2) is 0 Å². The summed E-state index contributed by atoms with van der Waals surface area (Å²) in [6.07, 6.45) is 2.46. The second-order valence-corrected chi connectivity index (χ2v) is 9.86. The molecule has 33 heavy (non-hydrogen) atoms. The number of anilines is 2. The van der Waals surface area contributed by atoms with Crippen molar-refractivity contribution in [3.05, 3.63) is 24.3 Å². The van der Waals surface area contributed by atoms with Gasteiger partial charge in [-0.25, -0.2) is 9.59 Å². The molecule has 0 aromatic heterocycles. The number of rotatable bonds is 10. The van der Waals surface area contributed by atoms with E-state index in [0.717, 1.165) is 0 Å². The van der Waals surface area contributed by atoms with E-state index in [1.807, 2.05) is 34.0 Å². The molecule has 0 bridgehead atoms. The molecule has 0 saturated heterocycles. The van der Waals surface area contributed by atoms with Gasteiger partial charge < -0.3 is 21.1 Å². The fourth-order valence-corrected chi connectivity index (χ4v) is 4.26. The van der Waals surface area contributed by atoms with Crippen molar-refractivity contribution in [1.29, 1.82) is 0 Å². The van der Waals surface area contributed by atoms with Crippen LogP contribution in [0.2, 0.25) is 0 Å². The van der Waals surface area contributed by atoms with Crippen molar-refractivity contribution in [3.8, 4) is 0 Å². The number of urea groups is 1. The van der Waals surface area contributed by atoms with Crippen LogP contribution in [-0.4, -0.2) is 59.1 Å². The van der Waals surface area contributed by atoms with Gasteiger partial charge >= 0.3 is 12.0 Å². The molecule has 1 aliphatic heterocycles. The molecule has 1 aromatic rings. The first-order chi connectivity index (χ1) is 15.6. The molecule has 0 fully saturated rings. The summed E-state index contributed by atoms with van der Waals surface area (Å²) < 4.78 is 0. The summed E-state index contributed by atoms with van der Waals surface area (Å²) in [4.78, 5) is 52.2. The number of carbonyl (C=O) groups is 4. The fourth-order valence-electron chi connectivity index (χ4n) is 3.79. The highest BCUT2D eigenvalue weighted by Crippen LogP contribution is 2.34. The van der Waals surface area contributed by atoms with Crippen LogP contribution in [0.1, 0.15) is 40.5 Å². The lowest BCUT2D eigenvalue weighted by Crippen LogP contribution is -2.60. The highest BCUT2D eigenvalue weighted by Gasteiger charge is 2.40. The van der Waals surface area contributed by atoms with Gasteiger partial charge in [-0.2, -0.15) is 11.8 Å². The summed E-state index contributed by atoms with van der Waals surface area (Å²) in [5.41, 5.74) is 1.06. The third kappa shape index (κ3) is 6.86. The largest absolute Gasteiger partial charge is 0.480 e. The molecular formula is C23H34N4O5S. The number of para-hydroxylation sites is 2. The number of fused-ring (bicyclic) bond motifs is 1. The van der Waals surface area contributed by atoms with Gasteiger partial charge in [0.05, 0.1) is 11.4 Å². The Labute approximate surface area is 199 Å². The van der Waals surface area contributed by atoms with E-state index in [9.17, 15) is 24.3 Å². The number of hydrogen-bond donors (Lipinski definition) is 4. The molecule has 1 aliphatic rings. The molecule has 4 N–H and O–H groups in total. The highest BCUT2D eigenvalue weighted by atomic mass is 32.2. The lowest BCUT2D eigenvalue weighted by Gasteiger charge is -2.39. The van der Waals surface area contributed by atoms with Gasteiger partial charge in [-0.3, -0.25) is 14.5 Å². The zero-order valence-electron chi connectivity index (χ0n) is 19.8. The number of thioether (sulfide) groups is 1. The standard InChI is InChI=1S/C23H34N4O5S/c1-13(2)12-17(20(28)25-16(22(30)31)10-11-33-5)26-23(32)27-18-9-7-6-8-15(18)24-21(29)19(27)14(3)4/h6-9,13-14,16-17,19H,10-12H2,1-5H3,(H,24,29)(H,25,28)(H,26,32)(H,30,31)/t16-,17-,19+/m1/s1. The van der Waals surface area contributed by atoms with E-state index in [2.05, 4.69) is 16.0 Å². The molecule has 3 atom stereocenters. The molecule has 9 nitrogen and oxygen atoms in total. The van der Waals surface area contributed by atoms with Crippen molar-refractivity contribution in [2.45, 2.75) is 58.7 Å². The molecule has 0 radical (unpaired) electrons. The number of hydrogen-bond acceptors (Lipinski definition) is 5. The lowest BCUT2D eigenvalue weighted by atomic mass is 9.97. The summed E-state index contributed by atoms with van der Waals surface area (Å²) in [5, 5.41) is 17.6. The lowest BCUT2D eigenvalue weighted by molar-refractivity contribution is -0.142. The Morgan fingerprint density at radius 1 is 1.12 bits per heavy atom. The molecule has 0 saturated carbocycles. The second kappa shape index (κ2) is 11.9. The maximum Gasteiger partial charge on any atom is 0.326 e. The van der Waals surface area contributed by atoms with Gasteiger partial charge in [-0.15, -0.1) is 0 Å². The minimum atomic E-state index is -1.12. The van der Waals surface area contributed by atoms with Crippen LogP contribution in [0, 0.1) is 11.8 Å². The van der Waals surface area contributed by atoms with Crippen molar-refractivity contribution < 1.29 is 24.3 Å². The van der Waals surface area contributed by atoms with E-state index in [0.29, 0.717) is 23.5 Å². The summed E-state index contributed by atoms with van der Waals surface area (Å²) >= 11 is 1.49. The van der Waals surface area contributed by atoms with E-state index >= 15 is 0 Å². The SMILES string of the molecule is CSCC[C@@H](NC(=O)[C@@H](CC(C)C)NC(=O)N1c2ccccc2NC(=O)[C@@H]1C(C)C)C(=O)O. The number of amides is 4. The van der Waals surface area contributed by atoms with Crippen molar-refractivity contribution >= 4 is 47.0 Å². The first-order valence-corrected chi connectivity index (χ1v) is 12.5. The van der Waals surface area contributed by atoms with Crippen LogP contribution in [0.3, 0.4) is 0 Å². The van der Waals surface area contributed by atoms with E-state index in [-0.39, 0.29) is 24.2 Å². The van der Waals surface area contributed by atoms with E-state index in [4.69, 9.17) is 0 Å². The van der Waals surface area contributed by atoms with Crippen molar-refractivity contribution in [2.24, 2.45) is 11.8 Å². The smallest absolute Gasteiger partial charge is 0.326 e. The number of benzene rings is 1. The maximum absolute atomic E-state index is 13.4. The molecule has 10 heteroatoms. The fraction of sp³-hybridized carbons (Fsp3) is 0.565. The van der Waals surface area contributed by atoms with E-state index in [1.54, 1.807) is 24.3 Å². The molecule has 1 heterocycles. The Balaban J connectivity index is 2.30. The predicted molar refractivity (Wildman–Crippen MR) is 131 cm³/mol. The quantitative estimate of drug-likeness (QED) is 0.409. The van der Waals surface area contributed by atoms with Gasteiger partial charge in [0.2, 0.25) is 11.8 Å². The zero-order chi connectivity index (χ0) is 24.7. The number of nitrogens with zero attached hydrogens (tertiary/aromatic N) is 1. The first-order valence-electron chi connectivity index (χ1n) is 11.1. The molecular weight excluding hydrogens is 444 g/mol. The Hall–Kier alpha value is -2.75. The summed E-state index contributed by atoms with van der Waals surface area (Å²) in [7, 11) is 0. The number of nitrogens with one attached hydrogen (secondary N) is 3. The number of aliphatic carboxylic acids is 1. The normalized spacial score (nSPS) is 17.2. The molecule has 182 valence electrons. The average molecular weight is 479 g/mol. The van der Waals surface area contributed by atoms with Crippen LogP contribution in [0.15, 0.2) is 24.3 Å². The summed E-state index contributed by atoms with van der Waals surface area (Å²) in [6, 6.07) is 3.68. The molecule has 0 aliphatic carbocycles. The van der Waals surface area contributed by atoms with Crippen LogP contribution in [0.25, 0.3) is 0 Å². The van der Waals surface area contributed by atoms with Crippen molar-refractivity contribution in [2.75, 3.05) is 22.2 Å². The zero-order valence-corrected chi connectivity index (χ0v) is 20.6. The second-order valence-electron chi connectivity index (χ2n) is 8.88. The maximum atomic E-state index is 13.4. The Bertz CT molecular complexity index is 876. The van der Waals surface area contributed by atoms with Gasteiger partial charge in [-0.05, 0) is 48.8 Å². The van der Waals surface area contributed by atoms with Gasteiger partial charge in [0.1, 0.15) is 18.1 Å². The highest BCUT2D eigenvalue weighted by molar-refractivity contribution is 7.98. The van der Waals surface area contributed by atoms with Gasteiger partial charge in [0.25, 0.3) is 0 Å². The minimum Gasteiger partial charge on any atom is -0.480 e. The third-order valence-electron chi connectivity index (χ3n) is 5.37. The topological polar surface area (TPSA) is 128 Å². The summed E-state index contributed by atoms with van der Waals surface area (Å²) in [6.45, 7) is 7.52. The average Bonchev–Trinajstić information content (AvgIpc) is 2.74. The first kappa shape index (κ1) is 26.5. The molecule has 4 amide bonds. The van der Waals surface area contributed by atoms with Crippen LogP contribution in [-0.2, 0) is 14.4 Å². The van der Waals surface area contributed by atoms with Gasteiger partial charge in [0, 0.05) is 0 Å². The van der Waals surface area contributed by atoms with Crippen LogP contribution in [0.4, 0.5) is 16.2 Å². The monoisotopic (exact) mass is 478 g/mol.